The highest BCUT2D eigenvalue weighted by Crippen LogP contribution is 2.25. The van der Waals surface area contributed by atoms with Crippen LogP contribution in [-0.2, 0) is 11.8 Å². The minimum Gasteiger partial charge on any atom is -0.369 e. The molecule has 1 unspecified atom stereocenters. The molecule has 1 heterocycles. The van der Waals surface area contributed by atoms with E-state index in [0.717, 1.165) is 15.9 Å². The first-order valence-corrected chi connectivity index (χ1v) is 5.64. The molecule has 84 valence electrons. The summed E-state index contributed by atoms with van der Waals surface area (Å²) in [5, 5.41) is 7.93. The van der Waals surface area contributed by atoms with Gasteiger partial charge < -0.3 is 9.30 Å². The first kappa shape index (κ1) is 11.3. The smallest absolute Gasteiger partial charge is 0.166 e. The Hall–Kier alpha value is -1.20. The summed E-state index contributed by atoms with van der Waals surface area (Å²) in [6.07, 6.45) is 1.48. The van der Waals surface area contributed by atoms with Gasteiger partial charge in [-0.15, -0.1) is 10.2 Å². The molecule has 0 aliphatic rings. The van der Waals surface area contributed by atoms with Crippen molar-refractivity contribution in [2.75, 3.05) is 7.11 Å². The second-order valence-corrected chi connectivity index (χ2v) is 4.39. The summed E-state index contributed by atoms with van der Waals surface area (Å²) < 4.78 is 8.35. The van der Waals surface area contributed by atoms with Gasteiger partial charge in [0.25, 0.3) is 0 Å². The Morgan fingerprint density at radius 3 is 2.81 bits per heavy atom. The predicted octanol–water partition coefficient (Wildman–Crippen LogP) is 2.31. The second-order valence-electron chi connectivity index (χ2n) is 3.47. The predicted molar refractivity (Wildman–Crippen MR) is 64.0 cm³/mol. The monoisotopic (exact) mass is 281 g/mol. The molecule has 0 aliphatic heterocycles. The van der Waals surface area contributed by atoms with Gasteiger partial charge in [-0.05, 0) is 17.7 Å². The zero-order valence-electron chi connectivity index (χ0n) is 9.09. The third-order valence-electron chi connectivity index (χ3n) is 2.37. The maximum Gasteiger partial charge on any atom is 0.166 e. The Morgan fingerprint density at radius 1 is 1.44 bits per heavy atom. The van der Waals surface area contributed by atoms with Crippen molar-refractivity contribution in [2.45, 2.75) is 6.10 Å². The van der Waals surface area contributed by atoms with Gasteiger partial charge in [0.05, 0.1) is 0 Å². The lowest BCUT2D eigenvalue weighted by Crippen LogP contribution is -2.09. The second kappa shape index (κ2) is 4.76. The van der Waals surface area contributed by atoms with Gasteiger partial charge in [0.1, 0.15) is 12.4 Å². The normalized spacial score (nSPS) is 12.7. The van der Waals surface area contributed by atoms with E-state index in [1.54, 1.807) is 13.4 Å². The fourth-order valence-corrected chi connectivity index (χ4v) is 2.01. The average molecular weight is 282 g/mol. The zero-order valence-corrected chi connectivity index (χ0v) is 10.7. The van der Waals surface area contributed by atoms with Gasteiger partial charge in [0.15, 0.2) is 5.82 Å². The minimum absolute atomic E-state index is 0.190. The number of nitrogens with zero attached hydrogens (tertiary/aromatic N) is 3. The molecule has 1 aromatic heterocycles. The molecule has 4 nitrogen and oxygen atoms in total. The SMILES string of the molecule is COC(c1cccc(Br)c1)c1nncn1C. The summed E-state index contributed by atoms with van der Waals surface area (Å²) in [6, 6.07) is 7.98. The standard InChI is InChI=1S/C11H12BrN3O/c1-15-7-13-14-11(15)10(16-2)8-4-3-5-9(12)6-8/h3-7,10H,1-2H3. The molecule has 5 heteroatoms. The van der Waals surface area contributed by atoms with Crippen LogP contribution in [0.5, 0.6) is 0 Å². The summed E-state index contributed by atoms with van der Waals surface area (Å²) in [6.45, 7) is 0. The molecular formula is C11H12BrN3O. The Morgan fingerprint density at radius 2 is 2.25 bits per heavy atom. The van der Waals surface area contributed by atoms with Crippen LogP contribution in [0.1, 0.15) is 17.5 Å². The molecule has 0 amide bonds. The van der Waals surface area contributed by atoms with E-state index in [1.165, 1.54) is 0 Å². The van der Waals surface area contributed by atoms with Gasteiger partial charge in [-0.2, -0.15) is 0 Å². The highest BCUT2D eigenvalue weighted by atomic mass is 79.9. The molecule has 0 N–H and O–H groups in total. The van der Waals surface area contributed by atoms with Crippen molar-refractivity contribution >= 4 is 15.9 Å². The zero-order chi connectivity index (χ0) is 11.5. The van der Waals surface area contributed by atoms with E-state index in [-0.39, 0.29) is 6.10 Å². The number of benzene rings is 1. The fraction of sp³-hybridized carbons (Fsp3) is 0.273. The third-order valence-corrected chi connectivity index (χ3v) is 2.86. The number of halogens is 1. The summed E-state index contributed by atoms with van der Waals surface area (Å²) >= 11 is 3.44. The minimum atomic E-state index is -0.190. The molecular weight excluding hydrogens is 270 g/mol. The molecule has 2 aromatic rings. The van der Waals surface area contributed by atoms with Crippen molar-refractivity contribution in [2.24, 2.45) is 7.05 Å². The van der Waals surface area contributed by atoms with Crippen molar-refractivity contribution in [3.05, 3.63) is 46.5 Å². The molecule has 0 fully saturated rings. The summed E-state index contributed by atoms with van der Waals surface area (Å²) in [5.41, 5.74) is 1.05. The lowest BCUT2D eigenvalue weighted by Gasteiger charge is -2.14. The molecule has 1 atom stereocenters. The van der Waals surface area contributed by atoms with Crippen molar-refractivity contribution in [1.29, 1.82) is 0 Å². The Bertz CT molecular complexity index is 484. The Kier molecular flexibility index (Phi) is 3.36. The first-order chi connectivity index (χ1) is 7.72. The number of methoxy groups -OCH3 is 1. The fourth-order valence-electron chi connectivity index (χ4n) is 1.59. The molecule has 0 saturated carbocycles. The van der Waals surface area contributed by atoms with Gasteiger partial charge in [0, 0.05) is 18.6 Å². The van der Waals surface area contributed by atoms with Crippen LogP contribution in [0.2, 0.25) is 0 Å². The van der Waals surface area contributed by atoms with E-state index >= 15 is 0 Å². The van der Waals surface area contributed by atoms with E-state index in [0.29, 0.717) is 0 Å². The van der Waals surface area contributed by atoms with Gasteiger partial charge >= 0.3 is 0 Å². The van der Waals surface area contributed by atoms with Crippen LogP contribution >= 0.6 is 15.9 Å². The summed E-state index contributed by atoms with van der Waals surface area (Å²) in [7, 11) is 3.57. The molecule has 2 rings (SSSR count). The van der Waals surface area contributed by atoms with Crippen molar-refractivity contribution < 1.29 is 4.74 Å². The summed E-state index contributed by atoms with van der Waals surface area (Å²) in [5.74, 6) is 0.792. The largest absolute Gasteiger partial charge is 0.369 e. The lowest BCUT2D eigenvalue weighted by molar-refractivity contribution is 0.126. The van der Waals surface area contributed by atoms with Gasteiger partial charge in [-0.25, -0.2) is 0 Å². The van der Waals surface area contributed by atoms with Crippen molar-refractivity contribution in [1.82, 2.24) is 14.8 Å². The number of rotatable bonds is 3. The maximum absolute atomic E-state index is 5.47. The van der Waals surface area contributed by atoms with Crippen molar-refractivity contribution in [3.8, 4) is 0 Å². The topological polar surface area (TPSA) is 39.9 Å². The average Bonchev–Trinajstić information content (AvgIpc) is 2.67. The molecule has 0 spiro atoms. The first-order valence-electron chi connectivity index (χ1n) is 4.84. The number of aryl methyl sites for hydroxylation is 1. The molecule has 16 heavy (non-hydrogen) atoms. The van der Waals surface area contributed by atoms with Crippen LogP contribution in [0.25, 0.3) is 0 Å². The molecule has 0 bridgehead atoms. The van der Waals surface area contributed by atoms with E-state index in [1.807, 2.05) is 35.9 Å². The van der Waals surface area contributed by atoms with Crippen LogP contribution in [0, 0.1) is 0 Å². The third kappa shape index (κ3) is 2.15. The lowest BCUT2D eigenvalue weighted by atomic mass is 10.1. The van der Waals surface area contributed by atoms with E-state index in [4.69, 9.17) is 4.74 Å². The molecule has 0 saturated heterocycles. The Labute approximate surface area is 102 Å². The van der Waals surface area contributed by atoms with Crippen molar-refractivity contribution in [3.63, 3.8) is 0 Å². The number of hydrogen-bond acceptors (Lipinski definition) is 3. The van der Waals surface area contributed by atoms with E-state index < -0.39 is 0 Å². The molecule has 0 aliphatic carbocycles. The number of ether oxygens (including phenoxy) is 1. The number of hydrogen-bond donors (Lipinski definition) is 0. The van der Waals surface area contributed by atoms with Crippen LogP contribution in [-0.4, -0.2) is 21.9 Å². The molecule has 1 aromatic carbocycles. The van der Waals surface area contributed by atoms with Gasteiger partial charge in [0.2, 0.25) is 0 Å². The van der Waals surface area contributed by atoms with Crippen LogP contribution in [0.3, 0.4) is 0 Å². The highest BCUT2D eigenvalue weighted by Gasteiger charge is 2.18. The van der Waals surface area contributed by atoms with E-state index in [2.05, 4.69) is 26.1 Å². The van der Waals surface area contributed by atoms with E-state index in [9.17, 15) is 0 Å². The Balaban J connectivity index is 2.40. The summed E-state index contributed by atoms with van der Waals surface area (Å²) in [4.78, 5) is 0. The highest BCUT2D eigenvalue weighted by molar-refractivity contribution is 9.10. The van der Waals surface area contributed by atoms with Gasteiger partial charge in [-0.3, -0.25) is 0 Å². The number of aromatic nitrogens is 3. The quantitative estimate of drug-likeness (QED) is 0.867. The van der Waals surface area contributed by atoms with Crippen LogP contribution in [0.15, 0.2) is 35.1 Å². The molecule has 0 radical (unpaired) electrons. The van der Waals surface area contributed by atoms with Gasteiger partial charge in [-0.1, -0.05) is 28.1 Å². The maximum atomic E-state index is 5.47. The van der Waals surface area contributed by atoms with Crippen LogP contribution < -0.4 is 0 Å². The van der Waals surface area contributed by atoms with Crippen LogP contribution in [0.4, 0.5) is 0 Å².